The quantitative estimate of drug-likeness (QED) is 0.573. The lowest BCUT2D eigenvalue weighted by atomic mass is 10.2. The molecule has 1 saturated carbocycles. The van der Waals surface area contributed by atoms with Crippen molar-refractivity contribution >= 4 is 17.0 Å². The molecule has 3 aromatic heterocycles. The van der Waals surface area contributed by atoms with E-state index >= 15 is 0 Å². The Morgan fingerprint density at radius 3 is 2.88 bits per heavy atom. The van der Waals surface area contributed by atoms with Gasteiger partial charge in [0.1, 0.15) is 6.33 Å². The molecule has 0 spiro atoms. The smallest absolute Gasteiger partial charge is 0.184 e. The molecule has 26 heavy (non-hydrogen) atoms. The van der Waals surface area contributed by atoms with Crippen LogP contribution in [-0.4, -0.2) is 30.1 Å². The third-order valence-electron chi connectivity index (χ3n) is 4.48. The minimum Gasteiger partial charge on any atom is -0.361 e. The van der Waals surface area contributed by atoms with E-state index in [9.17, 15) is 0 Å². The van der Waals surface area contributed by atoms with Crippen molar-refractivity contribution in [3.8, 4) is 0 Å². The van der Waals surface area contributed by atoms with Gasteiger partial charge >= 0.3 is 0 Å². The fourth-order valence-corrected chi connectivity index (χ4v) is 2.94. The van der Waals surface area contributed by atoms with Crippen molar-refractivity contribution in [3.63, 3.8) is 0 Å². The molecular formula is C18H17N7O. The second-order valence-electron chi connectivity index (χ2n) is 6.47. The highest BCUT2D eigenvalue weighted by molar-refractivity contribution is 5.81. The lowest BCUT2D eigenvalue weighted by Gasteiger charge is -2.04. The highest BCUT2D eigenvalue weighted by atomic mass is 16.5. The number of hydrogen-bond donors (Lipinski definition) is 1. The molecule has 3 heterocycles. The van der Waals surface area contributed by atoms with Crippen molar-refractivity contribution in [2.45, 2.75) is 31.8 Å². The first kappa shape index (κ1) is 15.0. The molecule has 4 aromatic rings. The standard InChI is InChI=1S/C18H17N7O/c1-2-4-12(5-3-1)10-25-18-16(22-24-25)17(20-11-21-18)19-9-14-8-15(23-26-14)13-6-7-13/h1-5,8,11,13H,6-7,9-10H2,(H,19,20,21). The van der Waals surface area contributed by atoms with Crippen LogP contribution in [0.15, 0.2) is 47.2 Å². The number of nitrogens with one attached hydrogen (secondary N) is 1. The molecule has 1 aromatic carbocycles. The van der Waals surface area contributed by atoms with E-state index in [0.29, 0.717) is 36.0 Å². The average Bonchev–Trinajstić information content (AvgIpc) is 3.28. The summed E-state index contributed by atoms with van der Waals surface area (Å²) in [5.74, 6) is 2.00. The first-order chi connectivity index (χ1) is 12.9. The second kappa shape index (κ2) is 6.21. The van der Waals surface area contributed by atoms with Gasteiger partial charge in [0, 0.05) is 12.0 Å². The van der Waals surface area contributed by atoms with Gasteiger partial charge in [-0.1, -0.05) is 40.7 Å². The number of benzene rings is 1. The van der Waals surface area contributed by atoms with Crippen molar-refractivity contribution in [3.05, 3.63) is 59.7 Å². The Bertz CT molecular complexity index is 1040. The van der Waals surface area contributed by atoms with E-state index in [1.807, 2.05) is 24.3 Å². The molecule has 0 aliphatic heterocycles. The molecule has 1 N–H and O–H groups in total. The number of hydrogen-bond acceptors (Lipinski definition) is 7. The summed E-state index contributed by atoms with van der Waals surface area (Å²) in [5, 5.41) is 15.9. The molecule has 8 nitrogen and oxygen atoms in total. The van der Waals surface area contributed by atoms with Crippen LogP contribution in [0.2, 0.25) is 0 Å². The van der Waals surface area contributed by atoms with Crippen LogP contribution in [0, 0.1) is 0 Å². The summed E-state index contributed by atoms with van der Waals surface area (Å²) in [7, 11) is 0. The monoisotopic (exact) mass is 347 g/mol. The maximum absolute atomic E-state index is 5.39. The van der Waals surface area contributed by atoms with Crippen molar-refractivity contribution in [1.29, 1.82) is 0 Å². The Kier molecular flexibility index (Phi) is 3.59. The van der Waals surface area contributed by atoms with E-state index < -0.39 is 0 Å². The van der Waals surface area contributed by atoms with Gasteiger partial charge in [-0.2, -0.15) is 0 Å². The SMILES string of the molecule is c1ccc(Cn2nnc3c(NCc4cc(C5CC5)no4)ncnc32)cc1. The molecular weight excluding hydrogens is 330 g/mol. The van der Waals surface area contributed by atoms with E-state index in [1.165, 1.54) is 19.2 Å². The zero-order valence-corrected chi connectivity index (χ0v) is 14.0. The number of anilines is 1. The molecule has 0 bridgehead atoms. The Morgan fingerprint density at radius 2 is 2.04 bits per heavy atom. The molecule has 0 radical (unpaired) electrons. The first-order valence-electron chi connectivity index (χ1n) is 8.64. The van der Waals surface area contributed by atoms with Crippen LogP contribution in [0.5, 0.6) is 0 Å². The van der Waals surface area contributed by atoms with Gasteiger partial charge in [0.2, 0.25) is 0 Å². The fourth-order valence-electron chi connectivity index (χ4n) is 2.94. The van der Waals surface area contributed by atoms with Crippen LogP contribution in [0.3, 0.4) is 0 Å². The Labute approximate surface area is 149 Å². The normalized spacial score (nSPS) is 14.0. The van der Waals surface area contributed by atoms with Crippen LogP contribution in [0.25, 0.3) is 11.2 Å². The highest BCUT2D eigenvalue weighted by Gasteiger charge is 2.27. The predicted octanol–water partition coefficient (Wildman–Crippen LogP) is 2.75. The van der Waals surface area contributed by atoms with Crippen molar-refractivity contribution in [1.82, 2.24) is 30.1 Å². The molecule has 0 saturated heterocycles. The van der Waals surface area contributed by atoms with Crippen LogP contribution in [0.4, 0.5) is 5.82 Å². The Balaban J connectivity index is 1.36. The van der Waals surface area contributed by atoms with Crippen LogP contribution >= 0.6 is 0 Å². The summed E-state index contributed by atoms with van der Waals surface area (Å²) < 4.78 is 7.16. The van der Waals surface area contributed by atoms with Crippen LogP contribution < -0.4 is 5.32 Å². The van der Waals surface area contributed by atoms with Gasteiger partial charge < -0.3 is 9.84 Å². The van der Waals surface area contributed by atoms with Gasteiger partial charge in [-0.15, -0.1) is 5.10 Å². The molecule has 1 aliphatic rings. The lowest BCUT2D eigenvalue weighted by Crippen LogP contribution is -2.04. The maximum atomic E-state index is 5.39. The largest absolute Gasteiger partial charge is 0.361 e. The van der Waals surface area contributed by atoms with Gasteiger partial charge in [0.15, 0.2) is 22.7 Å². The molecule has 0 atom stereocenters. The van der Waals surface area contributed by atoms with Crippen molar-refractivity contribution in [2.75, 3.05) is 5.32 Å². The van der Waals surface area contributed by atoms with Crippen LogP contribution in [0.1, 0.15) is 35.8 Å². The molecule has 0 amide bonds. The highest BCUT2D eigenvalue weighted by Crippen LogP contribution is 2.39. The number of aromatic nitrogens is 6. The molecule has 5 rings (SSSR count). The van der Waals surface area contributed by atoms with Gasteiger partial charge in [0.25, 0.3) is 0 Å². The average molecular weight is 347 g/mol. The van der Waals surface area contributed by atoms with E-state index in [1.54, 1.807) is 4.68 Å². The summed E-state index contributed by atoms with van der Waals surface area (Å²) >= 11 is 0. The minimum absolute atomic E-state index is 0.497. The first-order valence-corrected chi connectivity index (χ1v) is 8.64. The maximum Gasteiger partial charge on any atom is 0.184 e. The zero-order chi connectivity index (χ0) is 17.3. The van der Waals surface area contributed by atoms with E-state index in [0.717, 1.165) is 17.0 Å². The topological polar surface area (TPSA) is 94.6 Å². The van der Waals surface area contributed by atoms with Crippen molar-refractivity contribution < 1.29 is 4.52 Å². The third-order valence-corrected chi connectivity index (χ3v) is 4.48. The summed E-state index contributed by atoms with van der Waals surface area (Å²) in [6.07, 6.45) is 3.93. The number of rotatable bonds is 6. The zero-order valence-electron chi connectivity index (χ0n) is 14.0. The molecule has 130 valence electrons. The van der Waals surface area contributed by atoms with Gasteiger partial charge in [-0.3, -0.25) is 0 Å². The number of fused-ring (bicyclic) bond motifs is 1. The summed E-state index contributed by atoms with van der Waals surface area (Å²) in [6, 6.07) is 12.1. The predicted molar refractivity (Wildman–Crippen MR) is 94.5 cm³/mol. The van der Waals surface area contributed by atoms with Gasteiger partial charge in [-0.25, -0.2) is 14.6 Å². The Morgan fingerprint density at radius 1 is 1.15 bits per heavy atom. The van der Waals surface area contributed by atoms with E-state index in [2.05, 4.69) is 42.9 Å². The third kappa shape index (κ3) is 2.90. The molecule has 1 fully saturated rings. The summed E-state index contributed by atoms with van der Waals surface area (Å²) in [5.41, 5.74) is 3.53. The second-order valence-corrected chi connectivity index (χ2v) is 6.47. The van der Waals surface area contributed by atoms with Gasteiger partial charge in [0.05, 0.1) is 18.8 Å². The summed E-state index contributed by atoms with van der Waals surface area (Å²) in [4.78, 5) is 8.64. The van der Waals surface area contributed by atoms with Crippen molar-refractivity contribution in [2.24, 2.45) is 0 Å². The number of nitrogens with zero attached hydrogens (tertiary/aromatic N) is 6. The lowest BCUT2D eigenvalue weighted by molar-refractivity contribution is 0.381. The molecule has 8 heteroatoms. The minimum atomic E-state index is 0.497. The molecule has 1 aliphatic carbocycles. The Hall–Kier alpha value is -3.29. The van der Waals surface area contributed by atoms with Crippen LogP contribution in [-0.2, 0) is 13.1 Å². The fraction of sp³-hybridized carbons (Fsp3) is 0.278. The molecule has 0 unspecified atom stereocenters. The summed E-state index contributed by atoms with van der Waals surface area (Å²) in [6.45, 7) is 1.11. The van der Waals surface area contributed by atoms with E-state index in [-0.39, 0.29) is 0 Å². The van der Waals surface area contributed by atoms with E-state index in [4.69, 9.17) is 4.52 Å². The van der Waals surface area contributed by atoms with Gasteiger partial charge in [-0.05, 0) is 18.4 Å².